The molecule has 0 aromatic heterocycles. The molecular weight excluding hydrogens is 388 g/mol. The van der Waals surface area contributed by atoms with Gasteiger partial charge < -0.3 is 5.32 Å². The Hall–Kier alpha value is -3.44. The molecule has 1 aliphatic heterocycles. The predicted octanol–water partition coefficient (Wildman–Crippen LogP) is 4.43. The normalized spacial score (nSPS) is 12.8. The van der Waals surface area contributed by atoms with Crippen molar-refractivity contribution in [2.45, 2.75) is 6.42 Å². The van der Waals surface area contributed by atoms with Crippen LogP contribution in [0.1, 0.15) is 36.6 Å². The van der Waals surface area contributed by atoms with Gasteiger partial charge in [0.15, 0.2) is 0 Å². The molecule has 1 aliphatic rings. The number of amides is 3. The van der Waals surface area contributed by atoms with E-state index in [9.17, 15) is 14.4 Å². The molecule has 3 aromatic rings. The average molecular weight is 405 g/mol. The minimum absolute atomic E-state index is 0.245. The Labute approximate surface area is 172 Å². The number of benzene rings is 3. The largest absolute Gasteiger partial charge is 0.321 e. The van der Waals surface area contributed by atoms with E-state index in [2.05, 4.69) is 5.32 Å². The van der Waals surface area contributed by atoms with E-state index in [1.807, 2.05) is 30.3 Å². The lowest BCUT2D eigenvalue weighted by Crippen LogP contribution is -2.31. The van der Waals surface area contributed by atoms with Crippen molar-refractivity contribution in [2.24, 2.45) is 0 Å². The lowest BCUT2D eigenvalue weighted by molar-refractivity contribution is 0.0656. The van der Waals surface area contributed by atoms with Crippen molar-refractivity contribution in [3.8, 4) is 0 Å². The van der Waals surface area contributed by atoms with Gasteiger partial charge in [0.2, 0.25) is 0 Å². The maximum absolute atomic E-state index is 12.8. The monoisotopic (exact) mass is 404 g/mol. The minimum atomic E-state index is -0.399. The number of hydrogen-bond donors (Lipinski definition) is 1. The summed E-state index contributed by atoms with van der Waals surface area (Å²) in [6.07, 6.45) is 0.576. The van der Waals surface area contributed by atoms with E-state index in [1.54, 1.807) is 24.3 Å². The fourth-order valence-electron chi connectivity index (χ4n) is 3.28. The SMILES string of the molecule is O=C(Nc1ccccc1Cl)c1ccc2c(c1)C(=O)N(CCc1ccccc1)C2=O. The Morgan fingerprint density at radius 2 is 1.55 bits per heavy atom. The molecule has 1 N–H and O–H groups in total. The molecule has 3 amide bonds. The predicted molar refractivity (Wildman–Crippen MR) is 111 cm³/mol. The topological polar surface area (TPSA) is 66.5 Å². The summed E-state index contributed by atoms with van der Waals surface area (Å²) >= 11 is 6.08. The summed E-state index contributed by atoms with van der Waals surface area (Å²) in [4.78, 5) is 39.2. The van der Waals surface area contributed by atoms with Gasteiger partial charge in [-0.05, 0) is 42.3 Å². The Bertz CT molecular complexity index is 1110. The number of rotatable bonds is 5. The third-order valence-corrected chi connectivity index (χ3v) is 5.15. The Kier molecular flexibility index (Phi) is 5.14. The van der Waals surface area contributed by atoms with Crippen LogP contribution in [0, 0.1) is 0 Å². The van der Waals surface area contributed by atoms with Crippen LogP contribution >= 0.6 is 11.6 Å². The van der Waals surface area contributed by atoms with Crippen LogP contribution in [0.5, 0.6) is 0 Å². The molecule has 0 spiro atoms. The van der Waals surface area contributed by atoms with Crippen molar-refractivity contribution in [1.82, 2.24) is 4.90 Å². The highest BCUT2D eigenvalue weighted by atomic mass is 35.5. The Morgan fingerprint density at radius 3 is 2.31 bits per heavy atom. The molecule has 0 saturated heterocycles. The number of anilines is 1. The second kappa shape index (κ2) is 7.89. The summed E-state index contributed by atoms with van der Waals surface area (Å²) < 4.78 is 0. The van der Waals surface area contributed by atoms with Crippen LogP contribution in [-0.4, -0.2) is 29.2 Å². The van der Waals surface area contributed by atoms with Gasteiger partial charge >= 0.3 is 0 Å². The third kappa shape index (κ3) is 3.77. The summed E-state index contributed by atoms with van der Waals surface area (Å²) in [5.41, 5.74) is 2.37. The van der Waals surface area contributed by atoms with E-state index in [4.69, 9.17) is 11.6 Å². The van der Waals surface area contributed by atoms with Crippen molar-refractivity contribution in [3.05, 3.63) is 100 Å². The highest BCUT2D eigenvalue weighted by Gasteiger charge is 2.35. The quantitative estimate of drug-likeness (QED) is 0.639. The molecule has 0 fully saturated rings. The van der Waals surface area contributed by atoms with Gasteiger partial charge in [0.25, 0.3) is 17.7 Å². The number of halogens is 1. The van der Waals surface area contributed by atoms with E-state index < -0.39 is 5.91 Å². The molecule has 0 radical (unpaired) electrons. The molecule has 1 heterocycles. The zero-order valence-electron chi connectivity index (χ0n) is 15.4. The van der Waals surface area contributed by atoms with Gasteiger partial charge in [-0.15, -0.1) is 0 Å². The summed E-state index contributed by atoms with van der Waals surface area (Å²) in [6, 6.07) is 21.1. The van der Waals surface area contributed by atoms with E-state index >= 15 is 0 Å². The molecular formula is C23H17ClN2O3. The third-order valence-electron chi connectivity index (χ3n) is 4.82. The van der Waals surface area contributed by atoms with Crippen molar-refractivity contribution in [1.29, 1.82) is 0 Å². The molecule has 3 aromatic carbocycles. The zero-order chi connectivity index (χ0) is 20.4. The van der Waals surface area contributed by atoms with Crippen LogP contribution < -0.4 is 5.32 Å². The van der Waals surface area contributed by atoms with Crippen LogP contribution in [0.15, 0.2) is 72.8 Å². The number of carbonyl (C=O) groups excluding carboxylic acids is 3. The number of hydrogen-bond acceptors (Lipinski definition) is 3. The standard InChI is InChI=1S/C23H17ClN2O3/c24-19-8-4-5-9-20(19)25-21(27)16-10-11-17-18(14-16)23(29)26(22(17)28)13-12-15-6-2-1-3-7-15/h1-11,14H,12-13H2,(H,25,27). The summed E-state index contributed by atoms with van der Waals surface area (Å²) in [6.45, 7) is 0.289. The van der Waals surface area contributed by atoms with Crippen LogP contribution in [0.2, 0.25) is 5.02 Å². The zero-order valence-corrected chi connectivity index (χ0v) is 16.1. The lowest BCUT2D eigenvalue weighted by atomic mass is 10.1. The number of imide groups is 1. The minimum Gasteiger partial charge on any atom is -0.321 e. The van der Waals surface area contributed by atoms with Gasteiger partial charge in [0, 0.05) is 12.1 Å². The van der Waals surface area contributed by atoms with Gasteiger partial charge in [0.05, 0.1) is 21.8 Å². The summed E-state index contributed by atoms with van der Waals surface area (Å²) in [5.74, 6) is -1.11. The van der Waals surface area contributed by atoms with Crippen LogP contribution in [0.25, 0.3) is 0 Å². The Balaban J connectivity index is 1.52. The van der Waals surface area contributed by atoms with Crippen LogP contribution in [-0.2, 0) is 6.42 Å². The fraction of sp³-hybridized carbons (Fsp3) is 0.0870. The summed E-state index contributed by atoms with van der Waals surface area (Å²) in [7, 11) is 0. The number of carbonyl (C=O) groups is 3. The maximum atomic E-state index is 12.8. The lowest BCUT2D eigenvalue weighted by Gasteiger charge is -2.13. The molecule has 0 atom stereocenters. The van der Waals surface area contributed by atoms with E-state index in [1.165, 1.54) is 23.1 Å². The molecule has 6 heteroatoms. The van der Waals surface area contributed by atoms with Crippen LogP contribution in [0.4, 0.5) is 5.69 Å². The number of nitrogens with zero attached hydrogens (tertiary/aromatic N) is 1. The van der Waals surface area contributed by atoms with Crippen molar-refractivity contribution < 1.29 is 14.4 Å². The molecule has 29 heavy (non-hydrogen) atoms. The molecule has 0 bridgehead atoms. The second-order valence-electron chi connectivity index (χ2n) is 6.69. The van der Waals surface area contributed by atoms with Gasteiger partial charge in [0.1, 0.15) is 0 Å². The molecule has 4 rings (SSSR count). The first kappa shape index (κ1) is 18.9. The van der Waals surface area contributed by atoms with Gasteiger partial charge in [-0.3, -0.25) is 19.3 Å². The molecule has 0 unspecified atom stereocenters. The van der Waals surface area contributed by atoms with Gasteiger partial charge in [-0.1, -0.05) is 54.1 Å². The fourth-order valence-corrected chi connectivity index (χ4v) is 3.46. The molecule has 0 saturated carbocycles. The van der Waals surface area contributed by atoms with Crippen molar-refractivity contribution in [3.63, 3.8) is 0 Å². The highest BCUT2D eigenvalue weighted by molar-refractivity contribution is 6.34. The summed E-state index contributed by atoms with van der Waals surface area (Å²) in [5, 5.41) is 3.14. The first-order valence-corrected chi connectivity index (χ1v) is 9.52. The number of para-hydroxylation sites is 1. The smallest absolute Gasteiger partial charge is 0.261 e. The van der Waals surface area contributed by atoms with E-state index in [0.29, 0.717) is 22.7 Å². The average Bonchev–Trinajstić information content (AvgIpc) is 2.98. The number of nitrogens with one attached hydrogen (secondary N) is 1. The second-order valence-corrected chi connectivity index (χ2v) is 7.10. The highest BCUT2D eigenvalue weighted by Crippen LogP contribution is 2.26. The number of fused-ring (bicyclic) bond motifs is 1. The van der Waals surface area contributed by atoms with Gasteiger partial charge in [-0.25, -0.2) is 0 Å². The van der Waals surface area contributed by atoms with Gasteiger partial charge in [-0.2, -0.15) is 0 Å². The van der Waals surface area contributed by atoms with Crippen molar-refractivity contribution in [2.75, 3.05) is 11.9 Å². The van der Waals surface area contributed by atoms with E-state index in [0.717, 1.165) is 5.56 Å². The van der Waals surface area contributed by atoms with Crippen LogP contribution in [0.3, 0.4) is 0 Å². The first-order valence-electron chi connectivity index (χ1n) is 9.14. The molecule has 0 aliphatic carbocycles. The maximum Gasteiger partial charge on any atom is 0.261 e. The van der Waals surface area contributed by atoms with Crippen molar-refractivity contribution >= 4 is 35.0 Å². The molecule has 5 nitrogen and oxygen atoms in total. The first-order chi connectivity index (χ1) is 14.0. The van der Waals surface area contributed by atoms with E-state index in [-0.39, 0.29) is 29.5 Å². The molecule has 144 valence electrons. The Morgan fingerprint density at radius 1 is 0.862 bits per heavy atom.